The lowest BCUT2D eigenvalue weighted by atomic mass is 9.99. The average molecular weight is 242 g/mol. The molecule has 0 amide bonds. The molecule has 0 bridgehead atoms. The zero-order chi connectivity index (χ0) is 13.1. The first kappa shape index (κ1) is 12.6. The van der Waals surface area contributed by atoms with Gasteiger partial charge in [0.2, 0.25) is 0 Å². The standard InChI is InChI=1S/C16H18O2/c1-4-14(17)16-13-8-6-5-7-12(13)9-10-15(16)18-11(2)3/h5-11H,4H2,1-3H3. The van der Waals surface area contributed by atoms with E-state index in [0.717, 1.165) is 10.8 Å². The first-order chi connectivity index (χ1) is 8.63. The van der Waals surface area contributed by atoms with Gasteiger partial charge in [0, 0.05) is 6.42 Å². The number of Topliss-reactive ketones (excluding diaryl/α,β-unsaturated/α-hetero) is 1. The van der Waals surface area contributed by atoms with Gasteiger partial charge in [-0.25, -0.2) is 0 Å². The fourth-order valence-electron chi connectivity index (χ4n) is 2.07. The van der Waals surface area contributed by atoms with Crippen molar-refractivity contribution in [2.45, 2.75) is 33.3 Å². The molecule has 0 aliphatic rings. The van der Waals surface area contributed by atoms with E-state index in [4.69, 9.17) is 4.74 Å². The molecular weight excluding hydrogens is 224 g/mol. The van der Waals surface area contributed by atoms with Crippen molar-refractivity contribution < 1.29 is 9.53 Å². The smallest absolute Gasteiger partial charge is 0.166 e. The minimum Gasteiger partial charge on any atom is -0.490 e. The van der Waals surface area contributed by atoms with Gasteiger partial charge in [-0.15, -0.1) is 0 Å². The van der Waals surface area contributed by atoms with Crippen molar-refractivity contribution in [3.05, 3.63) is 42.0 Å². The lowest BCUT2D eigenvalue weighted by molar-refractivity contribution is 0.0984. The van der Waals surface area contributed by atoms with Gasteiger partial charge in [-0.05, 0) is 30.7 Å². The van der Waals surface area contributed by atoms with Crippen LogP contribution in [-0.2, 0) is 0 Å². The predicted octanol–water partition coefficient (Wildman–Crippen LogP) is 4.22. The largest absolute Gasteiger partial charge is 0.490 e. The molecule has 0 unspecified atom stereocenters. The van der Waals surface area contributed by atoms with Crippen LogP contribution in [0.15, 0.2) is 36.4 Å². The van der Waals surface area contributed by atoms with E-state index in [1.54, 1.807) is 0 Å². The molecule has 0 saturated carbocycles. The van der Waals surface area contributed by atoms with Crippen molar-refractivity contribution in [3.8, 4) is 5.75 Å². The second-order valence-corrected chi connectivity index (χ2v) is 4.60. The predicted molar refractivity (Wildman–Crippen MR) is 74.3 cm³/mol. The van der Waals surface area contributed by atoms with Gasteiger partial charge in [0.25, 0.3) is 0 Å². The van der Waals surface area contributed by atoms with E-state index >= 15 is 0 Å². The Bertz CT molecular complexity index is 570. The molecule has 0 saturated heterocycles. The normalized spacial score (nSPS) is 10.9. The average Bonchev–Trinajstić information content (AvgIpc) is 2.37. The van der Waals surface area contributed by atoms with Crippen LogP contribution in [0.4, 0.5) is 0 Å². The maximum atomic E-state index is 12.1. The van der Waals surface area contributed by atoms with E-state index in [1.807, 2.05) is 57.2 Å². The highest BCUT2D eigenvalue weighted by molar-refractivity contribution is 6.10. The monoisotopic (exact) mass is 242 g/mol. The molecule has 0 fully saturated rings. The third-order valence-corrected chi connectivity index (χ3v) is 2.85. The molecule has 0 spiro atoms. The minimum absolute atomic E-state index is 0.0644. The fourth-order valence-corrected chi connectivity index (χ4v) is 2.07. The van der Waals surface area contributed by atoms with Crippen molar-refractivity contribution in [1.29, 1.82) is 0 Å². The number of benzene rings is 2. The number of rotatable bonds is 4. The first-order valence-electron chi connectivity index (χ1n) is 6.35. The summed E-state index contributed by atoms with van der Waals surface area (Å²) >= 11 is 0. The van der Waals surface area contributed by atoms with Gasteiger partial charge in [-0.1, -0.05) is 37.3 Å². The van der Waals surface area contributed by atoms with Gasteiger partial charge in [0.1, 0.15) is 5.75 Å². The van der Waals surface area contributed by atoms with Crippen LogP contribution in [-0.4, -0.2) is 11.9 Å². The van der Waals surface area contributed by atoms with E-state index in [1.165, 1.54) is 0 Å². The Morgan fingerprint density at radius 1 is 1.17 bits per heavy atom. The molecule has 0 aromatic heterocycles. The molecule has 2 heteroatoms. The van der Waals surface area contributed by atoms with Gasteiger partial charge in [0.05, 0.1) is 11.7 Å². The Hall–Kier alpha value is -1.83. The van der Waals surface area contributed by atoms with Crippen LogP contribution in [0.25, 0.3) is 10.8 Å². The van der Waals surface area contributed by atoms with Crippen LogP contribution < -0.4 is 4.74 Å². The lowest BCUT2D eigenvalue weighted by Crippen LogP contribution is -2.10. The highest BCUT2D eigenvalue weighted by atomic mass is 16.5. The first-order valence-corrected chi connectivity index (χ1v) is 6.35. The summed E-state index contributed by atoms with van der Waals surface area (Å²) in [5.74, 6) is 0.818. The molecule has 0 heterocycles. The van der Waals surface area contributed by atoms with E-state index < -0.39 is 0 Å². The fraction of sp³-hybridized carbons (Fsp3) is 0.312. The lowest BCUT2D eigenvalue weighted by Gasteiger charge is -2.15. The molecule has 0 atom stereocenters. The van der Waals surface area contributed by atoms with E-state index in [9.17, 15) is 4.79 Å². The molecule has 2 aromatic carbocycles. The Morgan fingerprint density at radius 2 is 1.89 bits per heavy atom. The van der Waals surface area contributed by atoms with Gasteiger partial charge in [-0.3, -0.25) is 4.79 Å². The minimum atomic E-state index is 0.0644. The van der Waals surface area contributed by atoms with Gasteiger partial charge >= 0.3 is 0 Å². The summed E-state index contributed by atoms with van der Waals surface area (Å²) in [4.78, 5) is 12.1. The SMILES string of the molecule is CCC(=O)c1c(OC(C)C)ccc2ccccc12. The highest BCUT2D eigenvalue weighted by Gasteiger charge is 2.15. The zero-order valence-electron chi connectivity index (χ0n) is 11.1. The van der Waals surface area contributed by atoms with Gasteiger partial charge < -0.3 is 4.74 Å². The van der Waals surface area contributed by atoms with Gasteiger partial charge in [0.15, 0.2) is 5.78 Å². The molecule has 2 nitrogen and oxygen atoms in total. The molecular formula is C16H18O2. The van der Waals surface area contributed by atoms with Crippen molar-refractivity contribution in [2.75, 3.05) is 0 Å². The van der Waals surface area contributed by atoms with Crippen LogP contribution in [0.2, 0.25) is 0 Å². The number of hydrogen-bond donors (Lipinski definition) is 0. The summed E-state index contributed by atoms with van der Waals surface area (Å²) in [6, 6.07) is 11.8. The Balaban J connectivity index is 2.67. The maximum absolute atomic E-state index is 12.1. The van der Waals surface area contributed by atoms with E-state index in [0.29, 0.717) is 17.7 Å². The molecule has 2 aromatic rings. The molecule has 0 radical (unpaired) electrons. The van der Waals surface area contributed by atoms with Crippen molar-refractivity contribution >= 4 is 16.6 Å². The topological polar surface area (TPSA) is 26.3 Å². The van der Waals surface area contributed by atoms with Crippen LogP contribution in [0.3, 0.4) is 0 Å². The van der Waals surface area contributed by atoms with Crippen LogP contribution in [0, 0.1) is 0 Å². The molecule has 0 N–H and O–H groups in total. The Labute approximate surface area is 108 Å². The number of ketones is 1. The zero-order valence-corrected chi connectivity index (χ0v) is 11.1. The number of carbonyl (C=O) groups is 1. The van der Waals surface area contributed by atoms with E-state index in [-0.39, 0.29) is 11.9 Å². The molecule has 0 aliphatic carbocycles. The number of hydrogen-bond acceptors (Lipinski definition) is 2. The number of carbonyl (C=O) groups excluding carboxylic acids is 1. The third-order valence-electron chi connectivity index (χ3n) is 2.85. The van der Waals surface area contributed by atoms with Crippen LogP contribution in [0.5, 0.6) is 5.75 Å². The number of ether oxygens (including phenoxy) is 1. The quantitative estimate of drug-likeness (QED) is 0.750. The van der Waals surface area contributed by atoms with Crippen LogP contribution >= 0.6 is 0 Å². The summed E-state index contributed by atoms with van der Waals surface area (Å²) in [5, 5.41) is 2.05. The molecule has 94 valence electrons. The molecule has 2 rings (SSSR count). The summed E-state index contributed by atoms with van der Waals surface area (Å²) in [5.41, 5.74) is 0.712. The molecule has 0 aliphatic heterocycles. The van der Waals surface area contributed by atoms with Crippen molar-refractivity contribution in [1.82, 2.24) is 0 Å². The van der Waals surface area contributed by atoms with Crippen molar-refractivity contribution in [3.63, 3.8) is 0 Å². The van der Waals surface area contributed by atoms with Gasteiger partial charge in [-0.2, -0.15) is 0 Å². The number of fused-ring (bicyclic) bond motifs is 1. The summed E-state index contributed by atoms with van der Waals surface area (Å²) in [7, 11) is 0. The Kier molecular flexibility index (Phi) is 3.66. The highest BCUT2D eigenvalue weighted by Crippen LogP contribution is 2.29. The van der Waals surface area contributed by atoms with Crippen LogP contribution in [0.1, 0.15) is 37.6 Å². The maximum Gasteiger partial charge on any atom is 0.166 e. The second-order valence-electron chi connectivity index (χ2n) is 4.60. The summed E-state index contributed by atoms with van der Waals surface area (Å²) < 4.78 is 5.76. The third kappa shape index (κ3) is 2.37. The Morgan fingerprint density at radius 3 is 2.56 bits per heavy atom. The summed E-state index contributed by atoms with van der Waals surface area (Å²) in [6.07, 6.45) is 0.553. The second kappa shape index (κ2) is 5.21. The van der Waals surface area contributed by atoms with Crippen molar-refractivity contribution in [2.24, 2.45) is 0 Å². The molecule has 18 heavy (non-hydrogen) atoms. The summed E-state index contributed by atoms with van der Waals surface area (Å²) in [6.45, 7) is 5.81. The van der Waals surface area contributed by atoms with E-state index in [2.05, 4.69) is 0 Å².